The molecule has 0 aliphatic carbocycles. The maximum atomic E-state index is 12.2. The van der Waals surface area contributed by atoms with Crippen molar-refractivity contribution < 1.29 is 0 Å². The van der Waals surface area contributed by atoms with Crippen LogP contribution in [-0.2, 0) is 0 Å². The molecule has 1 N–H and O–H groups in total. The summed E-state index contributed by atoms with van der Waals surface area (Å²) in [5.41, 5.74) is 1.89. The number of hydrogen-bond acceptors (Lipinski definition) is 1. The summed E-state index contributed by atoms with van der Waals surface area (Å²) in [6.07, 6.45) is 1.88. The van der Waals surface area contributed by atoms with Crippen LogP contribution >= 0.6 is 15.9 Å². The van der Waals surface area contributed by atoms with Crippen LogP contribution in [0.15, 0.2) is 39.6 Å². The second-order valence-electron chi connectivity index (χ2n) is 4.31. The van der Waals surface area contributed by atoms with Gasteiger partial charge in [0.05, 0.1) is 11.7 Å². The number of nitrogens with zero attached hydrogens (tertiary/aromatic N) is 1. The molecule has 1 aromatic heterocycles. The number of nitrogens with one attached hydrogen (secondary N) is 1. The van der Waals surface area contributed by atoms with Gasteiger partial charge in [0, 0.05) is 5.56 Å². The summed E-state index contributed by atoms with van der Waals surface area (Å²) in [7, 11) is 0. The monoisotopic (exact) mass is 308 g/mol. The molecule has 0 fully saturated rings. The first-order valence-corrected chi connectivity index (χ1v) is 7.03. The smallest absolute Gasteiger partial charge is 0.281 e. The third kappa shape index (κ3) is 2.29. The normalized spacial score (nSPS) is 11.1. The highest BCUT2D eigenvalue weighted by molar-refractivity contribution is 9.10. The molecule has 2 rings (SSSR count). The third-order valence-electron chi connectivity index (χ3n) is 3.23. The summed E-state index contributed by atoms with van der Waals surface area (Å²) in [4.78, 5) is 12.2. The predicted molar refractivity (Wildman–Crippen MR) is 77.8 cm³/mol. The molecular formula is C14H17BrN2O. The molecule has 0 saturated carbocycles. The Kier molecular flexibility index (Phi) is 4.07. The Morgan fingerprint density at radius 3 is 2.39 bits per heavy atom. The standard InChI is InChI=1S/C14H17BrN2O/c1-3-11(4-2)17-14(18)12(15)13(16-17)10-8-6-5-7-9-10/h5-9,11,16H,3-4H2,1-2H3. The van der Waals surface area contributed by atoms with E-state index in [4.69, 9.17) is 0 Å². The van der Waals surface area contributed by atoms with E-state index in [-0.39, 0.29) is 11.6 Å². The Balaban J connectivity index is 2.53. The van der Waals surface area contributed by atoms with Gasteiger partial charge in [0.1, 0.15) is 4.47 Å². The van der Waals surface area contributed by atoms with Crippen molar-refractivity contribution in [3.05, 3.63) is 45.2 Å². The van der Waals surface area contributed by atoms with Crippen LogP contribution in [0.1, 0.15) is 32.7 Å². The first kappa shape index (κ1) is 13.1. The number of halogens is 1. The van der Waals surface area contributed by atoms with Gasteiger partial charge >= 0.3 is 0 Å². The van der Waals surface area contributed by atoms with Crippen molar-refractivity contribution in [3.63, 3.8) is 0 Å². The van der Waals surface area contributed by atoms with Crippen molar-refractivity contribution in [3.8, 4) is 11.3 Å². The highest BCUT2D eigenvalue weighted by atomic mass is 79.9. The van der Waals surface area contributed by atoms with E-state index in [1.54, 1.807) is 4.68 Å². The van der Waals surface area contributed by atoms with Gasteiger partial charge in [-0.2, -0.15) is 0 Å². The summed E-state index contributed by atoms with van der Waals surface area (Å²) in [6, 6.07) is 10.1. The first-order chi connectivity index (χ1) is 8.69. The SMILES string of the molecule is CCC(CC)n1[nH]c(-c2ccccc2)c(Br)c1=O. The van der Waals surface area contributed by atoms with Crippen LogP contribution in [0.3, 0.4) is 0 Å². The number of rotatable bonds is 4. The van der Waals surface area contributed by atoms with E-state index in [0.717, 1.165) is 24.1 Å². The Bertz CT molecular complexity index is 567. The summed E-state index contributed by atoms with van der Waals surface area (Å²) < 4.78 is 2.34. The largest absolute Gasteiger partial charge is 0.294 e. The highest BCUT2D eigenvalue weighted by Gasteiger charge is 2.17. The molecule has 2 aromatic rings. The Hall–Kier alpha value is -1.29. The fraction of sp³-hybridized carbons (Fsp3) is 0.357. The van der Waals surface area contributed by atoms with Crippen LogP contribution in [0.4, 0.5) is 0 Å². The van der Waals surface area contributed by atoms with Gasteiger partial charge in [0.15, 0.2) is 0 Å². The molecular weight excluding hydrogens is 292 g/mol. The van der Waals surface area contributed by atoms with Crippen molar-refractivity contribution in [2.45, 2.75) is 32.7 Å². The average molecular weight is 309 g/mol. The van der Waals surface area contributed by atoms with Gasteiger partial charge in [0.2, 0.25) is 0 Å². The molecule has 0 bridgehead atoms. The van der Waals surface area contributed by atoms with Crippen molar-refractivity contribution in [2.75, 3.05) is 0 Å². The second-order valence-corrected chi connectivity index (χ2v) is 5.11. The molecule has 0 aliphatic heterocycles. The molecule has 0 unspecified atom stereocenters. The lowest BCUT2D eigenvalue weighted by Gasteiger charge is -2.12. The second kappa shape index (κ2) is 5.57. The van der Waals surface area contributed by atoms with Crippen molar-refractivity contribution in [1.82, 2.24) is 9.78 Å². The molecule has 18 heavy (non-hydrogen) atoms. The van der Waals surface area contributed by atoms with Gasteiger partial charge in [-0.15, -0.1) is 0 Å². The van der Waals surface area contributed by atoms with E-state index < -0.39 is 0 Å². The molecule has 0 saturated heterocycles. The third-order valence-corrected chi connectivity index (χ3v) is 3.96. The molecule has 0 spiro atoms. The Labute approximate surface area is 115 Å². The molecule has 0 atom stereocenters. The van der Waals surface area contributed by atoms with Crippen LogP contribution in [-0.4, -0.2) is 9.78 Å². The van der Waals surface area contributed by atoms with E-state index in [9.17, 15) is 4.79 Å². The lowest BCUT2D eigenvalue weighted by atomic mass is 10.2. The summed E-state index contributed by atoms with van der Waals surface area (Å²) >= 11 is 3.40. The molecule has 0 aliphatic rings. The van der Waals surface area contributed by atoms with Gasteiger partial charge in [0.25, 0.3) is 5.56 Å². The summed E-state index contributed by atoms with van der Waals surface area (Å²) in [5.74, 6) is 0. The lowest BCUT2D eigenvalue weighted by Crippen LogP contribution is -2.21. The Morgan fingerprint density at radius 1 is 1.22 bits per heavy atom. The van der Waals surface area contributed by atoms with Crippen LogP contribution < -0.4 is 5.56 Å². The van der Waals surface area contributed by atoms with E-state index in [0.29, 0.717) is 4.47 Å². The van der Waals surface area contributed by atoms with Crippen molar-refractivity contribution in [1.29, 1.82) is 0 Å². The average Bonchev–Trinajstić information content (AvgIpc) is 2.70. The lowest BCUT2D eigenvalue weighted by molar-refractivity contribution is 0.418. The van der Waals surface area contributed by atoms with Gasteiger partial charge in [-0.1, -0.05) is 44.2 Å². The zero-order valence-electron chi connectivity index (χ0n) is 10.6. The zero-order valence-corrected chi connectivity index (χ0v) is 12.2. The minimum Gasteiger partial charge on any atom is -0.294 e. The number of aromatic amines is 1. The van der Waals surface area contributed by atoms with E-state index in [1.165, 1.54) is 0 Å². The molecule has 0 amide bonds. The Morgan fingerprint density at radius 2 is 1.83 bits per heavy atom. The van der Waals surface area contributed by atoms with Crippen LogP contribution in [0, 0.1) is 0 Å². The molecule has 4 heteroatoms. The van der Waals surface area contributed by atoms with Crippen molar-refractivity contribution in [2.24, 2.45) is 0 Å². The fourth-order valence-electron chi connectivity index (χ4n) is 2.14. The van der Waals surface area contributed by atoms with Crippen LogP contribution in [0.5, 0.6) is 0 Å². The van der Waals surface area contributed by atoms with Gasteiger partial charge in [-0.25, -0.2) is 4.68 Å². The molecule has 0 radical (unpaired) electrons. The van der Waals surface area contributed by atoms with E-state index in [2.05, 4.69) is 34.9 Å². The molecule has 1 aromatic carbocycles. The predicted octanol–water partition coefficient (Wildman–Crippen LogP) is 3.97. The summed E-state index contributed by atoms with van der Waals surface area (Å²) in [6.45, 7) is 4.19. The van der Waals surface area contributed by atoms with Crippen LogP contribution in [0.25, 0.3) is 11.3 Å². The van der Waals surface area contributed by atoms with Crippen LogP contribution in [0.2, 0.25) is 0 Å². The molecule has 3 nitrogen and oxygen atoms in total. The van der Waals surface area contributed by atoms with Gasteiger partial charge in [-0.3, -0.25) is 9.89 Å². The van der Waals surface area contributed by atoms with Crippen molar-refractivity contribution >= 4 is 15.9 Å². The van der Waals surface area contributed by atoms with Gasteiger partial charge < -0.3 is 0 Å². The first-order valence-electron chi connectivity index (χ1n) is 6.24. The maximum absolute atomic E-state index is 12.2. The van der Waals surface area contributed by atoms with E-state index in [1.807, 2.05) is 30.3 Å². The minimum absolute atomic E-state index is 0.0163. The zero-order chi connectivity index (χ0) is 13.1. The number of hydrogen-bond donors (Lipinski definition) is 1. The summed E-state index contributed by atoms with van der Waals surface area (Å²) in [5, 5.41) is 3.23. The minimum atomic E-state index is 0.0163. The van der Waals surface area contributed by atoms with E-state index >= 15 is 0 Å². The number of H-pyrrole nitrogens is 1. The highest BCUT2D eigenvalue weighted by Crippen LogP contribution is 2.25. The molecule has 1 heterocycles. The number of benzene rings is 1. The topological polar surface area (TPSA) is 37.8 Å². The fourth-order valence-corrected chi connectivity index (χ4v) is 2.65. The maximum Gasteiger partial charge on any atom is 0.281 e. The number of aromatic nitrogens is 2. The quantitative estimate of drug-likeness (QED) is 0.912. The molecule has 96 valence electrons. The van der Waals surface area contributed by atoms with Gasteiger partial charge in [-0.05, 0) is 28.8 Å².